The smallest absolute Gasteiger partial charge is 0.0496 e. The first-order valence-electron chi connectivity index (χ1n) is 3.11. The van der Waals surface area contributed by atoms with Crippen LogP contribution in [0.4, 0.5) is 0 Å². The van der Waals surface area contributed by atoms with E-state index < -0.39 is 0 Å². The zero-order valence-electron chi connectivity index (χ0n) is 5.83. The molecule has 0 aliphatic carbocycles. The molecule has 0 bridgehead atoms. The molecule has 1 heterocycles. The van der Waals surface area contributed by atoms with Gasteiger partial charge in [0.1, 0.15) is 0 Å². The van der Waals surface area contributed by atoms with E-state index in [0.29, 0.717) is 5.25 Å². The second kappa shape index (κ2) is 3.18. The normalized spacial score (nSPS) is 34.0. The lowest BCUT2D eigenvalue weighted by molar-refractivity contribution is 0.481. The van der Waals surface area contributed by atoms with E-state index in [1.807, 2.05) is 0 Å². The highest BCUT2D eigenvalue weighted by Gasteiger charge is 2.05. The van der Waals surface area contributed by atoms with E-state index in [1.165, 1.54) is 0 Å². The average molecular weight is 144 g/mol. The molecule has 1 nitrogen and oxygen atoms in total. The molecule has 0 aromatic rings. The topological polar surface area (TPSA) is 9.23 Å². The molecule has 0 spiro atoms. The largest absolute Gasteiger partial charge is 0.326 e. The Labute approximate surface area is 58.9 Å². The van der Waals surface area contributed by atoms with Crippen LogP contribution in [0.15, 0.2) is 12.2 Å². The van der Waals surface area contributed by atoms with Crippen molar-refractivity contribution in [1.29, 1.82) is 0 Å². The molecule has 2 atom stereocenters. The third kappa shape index (κ3) is 1.66. The monoisotopic (exact) mass is 144 g/mol. The molecule has 1 rings (SSSR count). The van der Waals surface area contributed by atoms with Gasteiger partial charge in [-0.1, -0.05) is 29.8 Å². The van der Waals surface area contributed by atoms with Gasteiger partial charge in [-0.3, -0.25) is 0 Å². The Balaban J connectivity index is 2.63. The molecular weight excluding hydrogens is 132 g/mol. The highest BCUT2D eigenvalue weighted by molar-refractivity contribution is 8.11. The van der Waals surface area contributed by atoms with Crippen molar-refractivity contribution in [3.63, 3.8) is 0 Å². The average Bonchev–Trinajstić information content (AvgIpc) is 1.89. The van der Waals surface area contributed by atoms with Crippen molar-refractivity contribution in [2.45, 2.75) is 18.6 Å². The predicted octanol–water partition coefficient (Wildman–Crippen LogP) is 1.97. The fourth-order valence-corrected chi connectivity index (χ4v) is 2.13. The second-order valence-electron chi connectivity index (χ2n) is 2.11. The maximum atomic E-state index is 5.22. The lowest BCUT2D eigenvalue weighted by Crippen LogP contribution is -2.02. The quantitative estimate of drug-likeness (QED) is 0.511. The van der Waals surface area contributed by atoms with Crippen LogP contribution in [0.25, 0.3) is 0 Å². The first-order chi connectivity index (χ1) is 4.34. The van der Waals surface area contributed by atoms with Crippen LogP contribution in [-0.4, -0.2) is 17.7 Å². The maximum absolute atomic E-state index is 5.22. The van der Waals surface area contributed by atoms with Crippen LogP contribution < -0.4 is 0 Å². The van der Waals surface area contributed by atoms with Crippen molar-refractivity contribution in [3.8, 4) is 0 Å². The van der Waals surface area contributed by atoms with Crippen LogP contribution in [-0.2, 0) is 4.18 Å². The summed E-state index contributed by atoms with van der Waals surface area (Å²) in [5, 5.41) is 2.81. The summed E-state index contributed by atoms with van der Waals surface area (Å²) in [6.07, 6.45) is 5.44. The molecule has 2 unspecified atom stereocenters. The van der Waals surface area contributed by atoms with Crippen molar-refractivity contribution >= 4 is 16.1 Å². The molecule has 52 valence electrons. The zero-order valence-corrected chi connectivity index (χ0v) is 6.65. The first kappa shape index (κ1) is 7.03. The van der Waals surface area contributed by atoms with Gasteiger partial charge in [-0.05, 0) is 11.8 Å². The fraction of sp³-hybridized carbons (Fsp3) is 0.571. The zero-order chi connectivity index (χ0) is 6.69. The van der Waals surface area contributed by atoms with Crippen molar-refractivity contribution in [3.05, 3.63) is 12.2 Å². The summed E-state index contributed by atoms with van der Waals surface area (Å²) in [7, 11) is 1.86. The van der Waals surface area contributed by atoms with E-state index in [2.05, 4.69) is 24.4 Å². The highest BCUT2D eigenvalue weighted by atomic mass is 32.2. The Kier molecular flexibility index (Phi) is 2.49. The van der Waals surface area contributed by atoms with Crippen molar-refractivity contribution in [2.75, 3.05) is 7.11 Å². The summed E-state index contributed by atoms with van der Waals surface area (Å²) in [6.45, 7) is 2.21. The number of hydrogen-bond donors (Lipinski definition) is 0. The van der Waals surface area contributed by atoms with Crippen LogP contribution in [0.2, 0.25) is 0 Å². The summed E-state index contributed by atoms with van der Waals surface area (Å²) in [5.41, 5.74) is 0. The van der Waals surface area contributed by atoms with E-state index in [-0.39, 0.29) is 10.8 Å². The van der Waals surface area contributed by atoms with Gasteiger partial charge < -0.3 is 4.18 Å². The number of hydrogen-bond acceptors (Lipinski definition) is 1. The van der Waals surface area contributed by atoms with Gasteiger partial charge in [0.15, 0.2) is 0 Å². The molecule has 9 heavy (non-hydrogen) atoms. The predicted molar refractivity (Wildman–Crippen MR) is 43.9 cm³/mol. The summed E-state index contributed by atoms with van der Waals surface area (Å²) in [5.74, 6) is 0. The van der Waals surface area contributed by atoms with Crippen molar-refractivity contribution < 1.29 is 4.18 Å². The standard InChI is InChI=1S/C7H12OS/c1-7-5-3-4-6-9(7)8-2/h3-4,6-7H,5H2,1-2H3. The SMILES string of the molecule is COS1=CC=CCC1C. The molecule has 1 aliphatic heterocycles. The molecule has 0 N–H and O–H groups in total. The van der Waals surface area contributed by atoms with Crippen LogP contribution in [0.1, 0.15) is 13.3 Å². The minimum Gasteiger partial charge on any atom is -0.326 e. The van der Waals surface area contributed by atoms with Gasteiger partial charge in [-0.25, -0.2) is 0 Å². The molecule has 0 fully saturated rings. The van der Waals surface area contributed by atoms with Gasteiger partial charge in [-0.15, -0.1) is 0 Å². The lowest BCUT2D eigenvalue weighted by atomic mass is 10.3. The maximum Gasteiger partial charge on any atom is 0.0496 e. The minimum atomic E-state index is 0.0918. The molecule has 0 aromatic carbocycles. The molecule has 0 amide bonds. The Hall–Kier alpha value is -0.0800. The summed E-state index contributed by atoms with van der Waals surface area (Å²) < 4.78 is 5.22. The highest BCUT2D eigenvalue weighted by Crippen LogP contribution is 2.25. The Morgan fingerprint density at radius 1 is 1.67 bits per heavy atom. The van der Waals surface area contributed by atoms with Gasteiger partial charge in [0, 0.05) is 12.4 Å². The number of allylic oxidation sites excluding steroid dienone is 2. The summed E-state index contributed by atoms with van der Waals surface area (Å²) >= 11 is 0. The lowest BCUT2D eigenvalue weighted by Gasteiger charge is -2.15. The van der Waals surface area contributed by atoms with Crippen LogP contribution in [0, 0.1) is 0 Å². The minimum absolute atomic E-state index is 0.0918. The van der Waals surface area contributed by atoms with E-state index in [9.17, 15) is 0 Å². The molecule has 0 radical (unpaired) electrons. The van der Waals surface area contributed by atoms with E-state index >= 15 is 0 Å². The van der Waals surface area contributed by atoms with Crippen molar-refractivity contribution in [1.82, 2.24) is 0 Å². The van der Waals surface area contributed by atoms with Crippen LogP contribution in [0.3, 0.4) is 0 Å². The molecule has 2 heteroatoms. The van der Waals surface area contributed by atoms with Crippen LogP contribution in [0.5, 0.6) is 0 Å². The number of rotatable bonds is 1. The van der Waals surface area contributed by atoms with Gasteiger partial charge in [0.25, 0.3) is 0 Å². The summed E-state index contributed by atoms with van der Waals surface area (Å²) in [6, 6.07) is 0. The molecule has 1 aliphatic rings. The van der Waals surface area contributed by atoms with Gasteiger partial charge in [-0.2, -0.15) is 0 Å². The molecule has 0 aromatic heterocycles. The van der Waals surface area contributed by atoms with E-state index in [4.69, 9.17) is 4.18 Å². The molecule has 0 saturated heterocycles. The van der Waals surface area contributed by atoms with E-state index in [1.54, 1.807) is 7.11 Å². The fourth-order valence-electron chi connectivity index (χ4n) is 0.852. The Morgan fingerprint density at radius 2 is 2.44 bits per heavy atom. The van der Waals surface area contributed by atoms with Gasteiger partial charge in [0.2, 0.25) is 0 Å². The Morgan fingerprint density at radius 3 is 2.89 bits per heavy atom. The van der Waals surface area contributed by atoms with Crippen molar-refractivity contribution in [2.24, 2.45) is 0 Å². The third-order valence-corrected chi connectivity index (χ3v) is 3.20. The molecular formula is C7H12OS. The van der Waals surface area contributed by atoms with Gasteiger partial charge in [0.05, 0.1) is 0 Å². The first-order valence-corrected chi connectivity index (χ1v) is 4.38. The second-order valence-corrected chi connectivity index (χ2v) is 4.17. The van der Waals surface area contributed by atoms with E-state index in [0.717, 1.165) is 6.42 Å². The van der Waals surface area contributed by atoms with Crippen LogP contribution >= 0.6 is 10.8 Å². The summed E-state index contributed by atoms with van der Waals surface area (Å²) in [4.78, 5) is 0. The van der Waals surface area contributed by atoms with Gasteiger partial charge >= 0.3 is 0 Å². The third-order valence-electron chi connectivity index (χ3n) is 1.41. The Bertz CT molecular complexity index is 149. The molecule has 0 saturated carbocycles.